The van der Waals surface area contributed by atoms with Crippen molar-refractivity contribution in [2.45, 2.75) is 50.4 Å². The van der Waals surface area contributed by atoms with Gasteiger partial charge >= 0.3 is 0 Å². The second kappa shape index (κ2) is 6.39. The number of carbonyl (C=O) groups excluding carboxylic acids is 1. The third-order valence-corrected chi connectivity index (χ3v) is 5.84. The van der Waals surface area contributed by atoms with Crippen molar-refractivity contribution in [3.63, 3.8) is 0 Å². The van der Waals surface area contributed by atoms with Crippen LogP contribution in [0.15, 0.2) is 60.2 Å². The van der Waals surface area contributed by atoms with Gasteiger partial charge in [-0.3, -0.25) is 4.79 Å². The van der Waals surface area contributed by atoms with Crippen molar-refractivity contribution in [1.82, 2.24) is 0 Å². The topological polar surface area (TPSA) is 17.1 Å². The average molecular weight is 316 g/mol. The lowest BCUT2D eigenvalue weighted by Gasteiger charge is -2.37. The molecule has 1 fully saturated rings. The van der Waals surface area contributed by atoms with E-state index in [1.165, 1.54) is 23.1 Å². The molecular formula is C23H24O. The maximum atomic E-state index is 11.8. The smallest absolute Gasteiger partial charge is 0.133 e. The number of hydrogen-bond donors (Lipinski definition) is 0. The highest BCUT2D eigenvalue weighted by Gasteiger charge is 2.43. The lowest BCUT2D eigenvalue weighted by atomic mass is 9.66. The third kappa shape index (κ3) is 2.73. The van der Waals surface area contributed by atoms with Crippen molar-refractivity contribution in [2.75, 3.05) is 0 Å². The number of Topliss-reactive ketones (excluding diaryl/α,β-unsaturated/α-hetero) is 1. The second-order valence-corrected chi connectivity index (χ2v) is 7.22. The van der Waals surface area contributed by atoms with Crippen LogP contribution < -0.4 is 0 Å². The van der Waals surface area contributed by atoms with E-state index in [1.807, 2.05) is 0 Å². The number of hydrogen-bond acceptors (Lipinski definition) is 1. The molecule has 1 saturated carbocycles. The van der Waals surface area contributed by atoms with Crippen molar-refractivity contribution in [1.29, 1.82) is 0 Å². The fourth-order valence-corrected chi connectivity index (χ4v) is 4.54. The number of carbonyl (C=O) groups is 1. The zero-order valence-electron chi connectivity index (χ0n) is 14.1. The quantitative estimate of drug-likeness (QED) is 0.729. The van der Waals surface area contributed by atoms with Gasteiger partial charge in [-0.1, -0.05) is 66.2 Å². The van der Waals surface area contributed by atoms with Gasteiger partial charge in [0.05, 0.1) is 0 Å². The van der Waals surface area contributed by atoms with E-state index in [0.29, 0.717) is 5.78 Å². The standard InChI is InChI=1S/C23H24O/c24-21-13-15-23(16-14-21)20(17-19-10-4-5-12-22(19)23)11-6-9-18-7-2-1-3-8-18/h1-5,7-8,10,12,17H,6,9,11,13-16H2. The van der Waals surface area contributed by atoms with Crippen molar-refractivity contribution >= 4 is 11.9 Å². The summed E-state index contributed by atoms with van der Waals surface area (Å²) in [5, 5.41) is 0. The molecule has 122 valence electrons. The summed E-state index contributed by atoms with van der Waals surface area (Å²) in [4.78, 5) is 11.8. The normalized spacial score (nSPS) is 18.5. The number of benzene rings is 2. The Bertz CT molecular complexity index is 760. The summed E-state index contributed by atoms with van der Waals surface area (Å²) >= 11 is 0. The van der Waals surface area contributed by atoms with Gasteiger partial charge in [0.2, 0.25) is 0 Å². The van der Waals surface area contributed by atoms with Gasteiger partial charge in [0.25, 0.3) is 0 Å². The summed E-state index contributed by atoms with van der Waals surface area (Å²) in [7, 11) is 0. The first-order chi connectivity index (χ1) is 11.8. The molecule has 0 radical (unpaired) electrons. The highest BCUT2D eigenvalue weighted by Crippen LogP contribution is 2.51. The Morgan fingerprint density at radius 2 is 1.54 bits per heavy atom. The Morgan fingerprint density at radius 3 is 2.33 bits per heavy atom. The maximum Gasteiger partial charge on any atom is 0.133 e. The van der Waals surface area contributed by atoms with Crippen LogP contribution >= 0.6 is 0 Å². The molecule has 1 spiro atoms. The van der Waals surface area contributed by atoms with Gasteiger partial charge in [0.15, 0.2) is 0 Å². The third-order valence-electron chi connectivity index (χ3n) is 5.84. The van der Waals surface area contributed by atoms with Crippen LogP contribution in [0, 0.1) is 0 Å². The zero-order valence-corrected chi connectivity index (χ0v) is 14.1. The van der Waals surface area contributed by atoms with Gasteiger partial charge in [-0.2, -0.15) is 0 Å². The Balaban J connectivity index is 1.54. The van der Waals surface area contributed by atoms with Crippen LogP contribution in [0.4, 0.5) is 0 Å². The number of allylic oxidation sites excluding steroid dienone is 1. The first-order valence-corrected chi connectivity index (χ1v) is 9.14. The molecule has 2 aliphatic rings. The van der Waals surface area contributed by atoms with Gasteiger partial charge in [0.1, 0.15) is 5.78 Å². The van der Waals surface area contributed by atoms with Crippen LogP contribution in [0.5, 0.6) is 0 Å². The number of fused-ring (bicyclic) bond motifs is 2. The molecule has 0 aromatic heterocycles. The Labute approximate surface area is 144 Å². The Hall–Kier alpha value is -2.15. The SMILES string of the molecule is O=C1CCC2(CC1)C(CCCc1ccccc1)=Cc1ccccc12. The molecule has 0 heterocycles. The number of rotatable bonds is 4. The van der Waals surface area contributed by atoms with Crippen molar-refractivity contribution in [3.05, 3.63) is 76.9 Å². The molecule has 2 aliphatic carbocycles. The predicted molar refractivity (Wildman–Crippen MR) is 99.0 cm³/mol. The van der Waals surface area contributed by atoms with Crippen LogP contribution in [0.25, 0.3) is 6.08 Å². The fraction of sp³-hybridized carbons (Fsp3) is 0.348. The summed E-state index contributed by atoms with van der Waals surface area (Å²) in [5.74, 6) is 0.439. The van der Waals surface area contributed by atoms with E-state index in [2.05, 4.69) is 60.7 Å². The minimum absolute atomic E-state index is 0.140. The van der Waals surface area contributed by atoms with Gasteiger partial charge < -0.3 is 0 Å². The molecule has 0 N–H and O–H groups in total. The lowest BCUT2D eigenvalue weighted by molar-refractivity contribution is -0.121. The van der Waals surface area contributed by atoms with Crippen LogP contribution in [-0.4, -0.2) is 5.78 Å². The van der Waals surface area contributed by atoms with Gasteiger partial charge in [0, 0.05) is 18.3 Å². The minimum atomic E-state index is 0.140. The molecule has 0 saturated heterocycles. The highest BCUT2D eigenvalue weighted by molar-refractivity contribution is 5.81. The van der Waals surface area contributed by atoms with E-state index in [4.69, 9.17) is 0 Å². The molecule has 0 bridgehead atoms. The van der Waals surface area contributed by atoms with E-state index in [0.717, 1.165) is 38.5 Å². The monoisotopic (exact) mass is 316 g/mol. The Kier molecular flexibility index (Phi) is 4.10. The molecule has 0 amide bonds. The molecule has 1 nitrogen and oxygen atoms in total. The zero-order chi connectivity index (χ0) is 16.4. The summed E-state index contributed by atoms with van der Waals surface area (Å²) in [6.07, 6.45) is 9.34. The van der Waals surface area contributed by atoms with E-state index in [1.54, 1.807) is 5.57 Å². The first kappa shape index (κ1) is 15.4. The van der Waals surface area contributed by atoms with Crippen molar-refractivity contribution in [3.8, 4) is 0 Å². The van der Waals surface area contributed by atoms with Crippen LogP contribution in [-0.2, 0) is 16.6 Å². The number of aryl methyl sites for hydroxylation is 1. The molecular weight excluding hydrogens is 292 g/mol. The summed E-state index contributed by atoms with van der Waals surface area (Å²) in [5.41, 5.74) is 5.96. The lowest BCUT2D eigenvalue weighted by Crippen LogP contribution is -2.32. The molecule has 0 atom stereocenters. The van der Waals surface area contributed by atoms with E-state index < -0.39 is 0 Å². The second-order valence-electron chi connectivity index (χ2n) is 7.22. The van der Waals surface area contributed by atoms with Crippen LogP contribution in [0.2, 0.25) is 0 Å². The maximum absolute atomic E-state index is 11.8. The van der Waals surface area contributed by atoms with Crippen LogP contribution in [0.1, 0.15) is 55.2 Å². The minimum Gasteiger partial charge on any atom is -0.300 e. The van der Waals surface area contributed by atoms with Crippen molar-refractivity contribution in [2.24, 2.45) is 0 Å². The molecule has 1 heteroatoms. The molecule has 0 aliphatic heterocycles. The molecule has 24 heavy (non-hydrogen) atoms. The molecule has 2 aromatic carbocycles. The largest absolute Gasteiger partial charge is 0.300 e. The molecule has 2 aromatic rings. The summed E-state index contributed by atoms with van der Waals surface area (Å²) < 4.78 is 0. The molecule has 0 unspecified atom stereocenters. The van der Waals surface area contributed by atoms with E-state index >= 15 is 0 Å². The van der Waals surface area contributed by atoms with Crippen molar-refractivity contribution < 1.29 is 4.79 Å². The van der Waals surface area contributed by atoms with Gasteiger partial charge in [-0.15, -0.1) is 0 Å². The summed E-state index contributed by atoms with van der Waals surface area (Å²) in [6.45, 7) is 0. The highest BCUT2D eigenvalue weighted by atomic mass is 16.1. The predicted octanol–water partition coefficient (Wildman–Crippen LogP) is 5.49. The van der Waals surface area contributed by atoms with E-state index in [9.17, 15) is 4.79 Å². The van der Waals surface area contributed by atoms with Crippen LogP contribution in [0.3, 0.4) is 0 Å². The first-order valence-electron chi connectivity index (χ1n) is 9.14. The number of ketones is 1. The van der Waals surface area contributed by atoms with Gasteiger partial charge in [-0.05, 0) is 48.8 Å². The van der Waals surface area contributed by atoms with E-state index in [-0.39, 0.29) is 5.41 Å². The average Bonchev–Trinajstić information content (AvgIpc) is 2.92. The molecule has 4 rings (SSSR count). The van der Waals surface area contributed by atoms with Gasteiger partial charge in [-0.25, -0.2) is 0 Å². The fourth-order valence-electron chi connectivity index (χ4n) is 4.54. The Morgan fingerprint density at radius 1 is 0.833 bits per heavy atom. The summed E-state index contributed by atoms with van der Waals surface area (Å²) in [6, 6.07) is 19.5.